The summed E-state index contributed by atoms with van der Waals surface area (Å²) in [6, 6.07) is 20.8. The zero-order chi connectivity index (χ0) is 20.2. The first kappa shape index (κ1) is 19.0. The molecule has 0 radical (unpaired) electrons. The van der Waals surface area contributed by atoms with Gasteiger partial charge in [0.2, 0.25) is 5.55 Å². The molecule has 0 fully saturated rings. The molecule has 5 nitrogen and oxygen atoms in total. The summed E-state index contributed by atoms with van der Waals surface area (Å²) >= 11 is 1.66. The number of aromatic nitrogens is 1. The number of anilines is 1. The van der Waals surface area contributed by atoms with E-state index in [-0.39, 0.29) is 11.5 Å². The molecular formula is C23H19N3O2S. The Labute approximate surface area is 172 Å². The van der Waals surface area contributed by atoms with Crippen LogP contribution in [0.15, 0.2) is 87.2 Å². The van der Waals surface area contributed by atoms with Crippen molar-refractivity contribution in [1.82, 2.24) is 4.98 Å². The average molecular weight is 401 g/mol. The molecule has 2 heterocycles. The molecule has 4 aromatic rings. The number of pyridine rings is 1. The fraction of sp³-hybridized carbons (Fsp3) is 0.0870. The van der Waals surface area contributed by atoms with Crippen molar-refractivity contribution < 1.29 is 9.21 Å². The number of fused-ring (bicyclic) bond motifs is 1. The summed E-state index contributed by atoms with van der Waals surface area (Å²) in [7, 11) is 0. The molecule has 1 amide bonds. The fourth-order valence-corrected chi connectivity index (χ4v) is 3.22. The molecule has 0 bridgehead atoms. The van der Waals surface area contributed by atoms with Gasteiger partial charge in [0.15, 0.2) is 0 Å². The van der Waals surface area contributed by atoms with Crippen molar-refractivity contribution in [3.05, 3.63) is 89.6 Å². The molecule has 0 saturated heterocycles. The van der Waals surface area contributed by atoms with Crippen LogP contribution in [0.5, 0.6) is 0 Å². The van der Waals surface area contributed by atoms with E-state index in [9.17, 15) is 4.79 Å². The number of rotatable bonds is 4. The molecule has 4 rings (SSSR count). The number of benzene rings is 2. The number of thioether (sulfide) groups is 1. The van der Waals surface area contributed by atoms with Crippen LogP contribution < -0.4 is 10.9 Å². The van der Waals surface area contributed by atoms with E-state index >= 15 is 0 Å². The van der Waals surface area contributed by atoms with Gasteiger partial charge in [-0.1, -0.05) is 24.3 Å². The molecule has 0 aliphatic carbocycles. The monoisotopic (exact) mass is 401 g/mol. The smallest absolute Gasteiger partial charge is 0.262 e. The molecule has 2 aromatic heterocycles. The molecule has 29 heavy (non-hydrogen) atoms. The van der Waals surface area contributed by atoms with E-state index in [1.165, 1.54) is 0 Å². The minimum Gasteiger partial charge on any atom is -0.438 e. The van der Waals surface area contributed by atoms with E-state index in [1.54, 1.807) is 30.1 Å². The molecule has 144 valence electrons. The van der Waals surface area contributed by atoms with E-state index in [2.05, 4.69) is 15.3 Å². The number of hydrogen-bond acceptors (Lipinski definition) is 5. The summed E-state index contributed by atoms with van der Waals surface area (Å²) in [6.07, 6.45) is 3.73. The summed E-state index contributed by atoms with van der Waals surface area (Å²) < 4.78 is 5.98. The van der Waals surface area contributed by atoms with Gasteiger partial charge in [0.25, 0.3) is 5.91 Å². The molecule has 0 aliphatic rings. The maximum absolute atomic E-state index is 13.0. The first-order chi connectivity index (χ1) is 14.1. The lowest BCUT2D eigenvalue weighted by atomic mass is 10.1. The lowest BCUT2D eigenvalue weighted by Gasteiger charge is -2.07. The molecule has 0 unspecified atom stereocenters. The number of nitrogens with one attached hydrogen (secondary N) is 1. The van der Waals surface area contributed by atoms with Crippen molar-refractivity contribution in [3.63, 3.8) is 0 Å². The van der Waals surface area contributed by atoms with Gasteiger partial charge in [-0.2, -0.15) is 0 Å². The molecular weight excluding hydrogens is 382 g/mol. The van der Waals surface area contributed by atoms with Crippen LogP contribution in [0.25, 0.3) is 11.0 Å². The maximum Gasteiger partial charge on any atom is 0.262 e. The van der Waals surface area contributed by atoms with Crippen LogP contribution in [-0.4, -0.2) is 17.1 Å². The van der Waals surface area contributed by atoms with Gasteiger partial charge in [-0.05, 0) is 61.2 Å². The third-order valence-electron chi connectivity index (χ3n) is 4.36. The van der Waals surface area contributed by atoms with Gasteiger partial charge in [-0.15, -0.1) is 11.8 Å². The van der Waals surface area contributed by atoms with Crippen LogP contribution in [0.4, 0.5) is 11.5 Å². The Morgan fingerprint density at radius 2 is 1.86 bits per heavy atom. The number of nitrogens with zero attached hydrogens (tertiary/aromatic N) is 2. The maximum atomic E-state index is 13.0. The fourth-order valence-electron chi connectivity index (χ4n) is 2.81. The summed E-state index contributed by atoms with van der Waals surface area (Å²) in [6.45, 7) is 1.94. The Hall–Kier alpha value is -3.38. The standard InChI is InChI=1S/C23H19N3O2S/c1-15-7-12-21(24-14-15)26-22(27)19-13-16-5-3-4-6-20(16)28-23(19)25-17-8-10-18(29-2)11-9-17/h3-14H,1-2H3,(H,24,26,27). The summed E-state index contributed by atoms with van der Waals surface area (Å²) in [5, 5.41) is 3.65. The molecule has 6 heteroatoms. The second kappa shape index (κ2) is 8.32. The van der Waals surface area contributed by atoms with Crippen molar-refractivity contribution in [2.24, 2.45) is 4.99 Å². The number of hydrogen-bond donors (Lipinski definition) is 1. The van der Waals surface area contributed by atoms with Gasteiger partial charge in [-0.3, -0.25) is 4.79 Å². The Morgan fingerprint density at radius 3 is 2.59 bits per heavy atom. The first-order valence-electron chi connectivity index (χ1n) is 9.08. The highest BCUT2D eigenvalue weighted by Crippen LogP contribution is 2.20. The first-order valence-corrected chi connectivity index (χ1v) is 10.3. The van der Waals surface area contributed by atoms with Gasteiger partial charge < -0.3 is 9.73 Å². The van der Waals surface area contributed by atoms with E-state index in [1.807, 2.05) is 67.8 Å². The van der Waals surface area contributed by atoms with E-state index in [4.69, 9.17) is 4.42 Å². The normalized spacial score (nSPS) is 11.6. The van der Waals surface area contributed by atoms with E-state index in [0.29, 0.717) is 22.7 Å². The Bertz CT molecular complexity index is 1230. The molecule has 0 atom stereocenters. The minimum atomic E-state index is -0.324. The topological polar surface area (TPSA) is 67.5 Å². The van der Waals surface area contributed by atoms with Gasteiger partial charge in [0.1, 0.15) is 17.0 Å². The van der Waals surface area contributed by atoms with Crippen molar-refractivity contribution in [2.75, 3.05) is 11.6 Å². The quantitative estimate of drug-likeness (QED) is 0.469. The number of amides is 1. The highest BCUT2D eigenvalue weighted by atomic mass is 32.2. The second-order valence-corrected chi connectivity index (χ2v) is 7.37. The number of carbonyl (C=O) groups is 1. The summed E-state index contributed by atoms with van der Waals surface area (Å²) in [4.78, 5) is 23.0. The van der Waals surface area contributed by atoms with Crippen LogP contribution in [-0.2, 0) is 0 Å². The Kier molecular flexibility index (Phi) is 5.44. The average Bonchev–Trinajstić information content (AvgIpc) is 2.75. The highest BCUT2D eigenvalue weighted by Gasteiger charge is 2.13. The number of aryl methyl sites for hydroxylation is 1. The lowest BCUT2D eigenvalue weighted by Crippen LogP contribution is -2.22. The number of para-hydroxylation sites is 1. The van der Waals surface area contributed by atoms with Crippen molar-refractivity contribution in [3.8, 4) is 0 Å². The van der Waals surface area contributed by atoms with Crippen LogP contribution in [0.3, 0.4) is 0 Å². The van der Waals surface area contributed by atoms with Crippen molar-refractivity contribution >= 4 is 40.1 Å². The summed E-state index contributed by atoms with van der Waals surface area (Å²) in [5.74, 6) is 0.152. The van der Waals surface area contributed by atoms with Crippen molar-refractivity contribution in [2.45, 2.75) is 11.8 Å². The van der Waals surface area contributed by atoms with E-state index < -0.39 is 0 Å². The largest absolute Gasteiger partial charge is 0.438 e. The third-order valence-corrected chi connectivity index (χ3v) is 5.10. The lowest BCUT2D eigenvalue weighted by molar-refractivity contribution is 0.102. The van der Waals surface area contributed by atoms with E-state index in [0.717, 1.165) is 15.8 Å². The Balaban J connectivity index is 1.79. The zero-order valence-electron chi connectivity index (χ0n) is 16.0. The molecule has 0 aliphatic heterocycles. The second-order valence-electron chi connectivity index (χ2n) is 6.49. The number of carbonyl (C=O) groups excluding carboxylic acids is 1. The highest BCUT2D eigenvalue weighted by molar-refractivity contribution is 7.98. The third kappa shape index (κ3) is 4.38. The molecule has 0 spiro atoms. The van der Waals surface area contributed by atoms with Crippen LogP contribution in [0.1, 0.15) is 15.9 Å². The van der Waals surface area contributed by atoms with Gasteiger partial charge >= 0.3 is 0 Å². The van der Waals surface area contributed by atoms with Gasteiger partial charge in [0, 0.05) is 16.5 Å². The van der Waals surface area contributed by atoms with Crippen LogP contribution in [0.2, 0.25) is 0 Å². The SMILES string of the molecule is CSc1ccc(N=c2oc3ccccc3cc2C(=O)Nc2ccc(C)cn2)cc1. The Morgan fingerprint density at radius 1 is 1.07 bits per heavy atom. The van der Waals surface area contributed by atoms with Gasteiger partial charge in [-0.25, -0.2) is 9.98 Å². The van der Waals surface area contributed by atoms with Crippen molar-refractivity contribution in [1.29, 1.82) is 0 Å². The van der Waals surface area contributed by atoms with Crippen LogP contribution in [0, 0.1) is 6.92 Å². The van der Waals surface area contributed by atoms with Gasteiger partial charge in [0.05, 0.1) is 5.69 Å². The molecule has 2 aromatic carbocycles. The summed E-state index contributed by atoms with van der Waals surface area (Å²) in [5.41, 5.74) is 3.00. The molecule has 1 N–H and O–H groups in total. The predicted molar refractivity (Wildman–Crippen MR) is 117 cm³/mol. The zero-order valence-corrected chi connectivity index (χ0v) is 16.9. The van der Waals surface area contributed by atoms with Crippen LogP contribution >= 0.6 is 11.8 Å². The molecule has 0 saturated carbocycles. The predicted octanol–water partition coefficient (Wildman–Crippen LogP) is 5.34. The minimum absolute atomic E-state index is 0.255.